The average Bonchev–Trinajstić information content (AvgIpc) is 2.91. The van der Waals surface area contributed by atoms with Gasteiger partial charge in [0.2, 0.25) is 5.91 Å². The highest BCUT2D eigenvalue weighted by molar-refractivity contribution is 7.92. The summed E-state index contributed by atoms with van der Waals surface area (Å²) in [5, 5.41) is 10.8. The lowest BCUT2D eigenvalue weighted by atomic mass is 10.1. The number of hydrogen-bond donors (Lipinski definition) is 2. The van der Waals surface area contributed by atoms with Gasteiger partial charge in [0.05, 0.1) is 5.25 Å². The number of carbonyl (C=O) groups excluding carboxylic acids is 1. The molecular formula is C14H25NO5S. The molecule has 0 aromatic carbocycles. The molecule has 1 amide bonds. The van der Waals surface area contributed by atoms with Crippen molar-refractivity contribution in [2.24, 2.45) is 0 Å². The topological polar surface area (TPSA) is 101 Å². The van der Waals surface area contributed by atoms with Gasteiger partial charge in [-0.05, 0) is 25.7 Å². The fourth-order valence-electron chi connectivity index (χ4n) is 2.58. The number of carboxylic acids is 1. The van der Waals surface area contributed by atoms with E-state index in [-0.39, 0.29) is 11.7 Å². The van der Waals surface area contributed by atoms with E-state index in [1.807, 2.05) is 0 Å². The van der Waals surface area contributed by atoms with E-state index in [9.17, 15) is 18.0 Å². The predicted octanol–water partition coefficient (Wildman–Crippen LogP) is 1.50. The molecular weight excluding hydrogens is 294 g/mol. The molecule has 21 heavy (non-hydrogen) atoms. The number of unbranched alkanes of at least 4 members (excludes halogenated alkanes) is 3. The highest BCUT2D eigenvalue weighted by atomic mass is 32.2. The Labute approximate surface area is 126 Å². The average molecular weight is 319 g/mol. The molecule has 1 saturated carbocycles. The van der Waals surface area contributed by atoms with Gasteiger partial charge in [0.1, 0.15) is 5.75 Å². The van der Waals surface area contributed by atoms with Crippen molar-refractivity contribution in [1.29, 1.82) is 0 Å². The van der Waals surface area contributed by atoms with Gasteiger partial charge < -0.3 is 10.4 Å². The second-order valence-electron chi connectivity index (χ2n) is 5.62. The Morgan fingerprint density at radius 2 is 1.67 bits per heavy atom. The zero-order valence-corrected chi connectivity index (χ0v) is 13.2. The van der Waals surface area contributed by atoms with Crippen molar-refractivity contribution >= 4 is 21.7 Å². The molecule has 0 spiro atoms. The molecule has 122 valence electrons. The van der Waals surface area contributed by atoms with Crippen LogP contribution in [0, 0.1) is 0 Å². The summed E-state index contributed by atoms with van der Waals surface area (Å²) in [6.45, 7) is 0.450. The smallest absolute Gasteiger partial charge is 0.303 e. The van der Waals surface area contributed by atoms with Gasteiger partial charge in [-0.25, -0.2) is 8.42 Å². The first kappa shape index (κ1) is 17.9. The minimum absolute atomic E-state index is 0.173. The van der Waals surface area contributed by atoms with Crippen LogP contribution in [0.3, 0.4) is 0 Å². The quantitative estimate of drug-likeness (QED) is 0.594. The molecule has 1 rings (SSSR count). The van der Waals surface area contributed by atoms with Crippen LogP contribution in [0.4, 0.5) is 0 Å². The van der Waals surface area contributed by atoms with Crippen LogP contribution >= 0.6 is 0 Å². The number of sulfone groups is 1. The van der Waals surface area contributed by atoms with Gasteiger partial charge in [-0.2, -0.15) is 0 Å². The molecule has 1 aliphatic carbocycles. The Morgan fingerprint density at radius 1 is 1.05 bits per heavy atom. The number of aliphatic carboxylic acids is 1. The summed E-state index contributed by atoms with van der Waals surface area (Å²) < 4.78 is 23.9. The van der Waals surface area contributed by atoms with Crippen LogP contribution in [-0.2, 0) is 19.4 Å². The summed E-state index contributed by atoms with van der Waals surface area (Å²) in [6.07, 6.45) is 6.42. The minimum Gasteiger partial charge on any atom is -0.481 e. The third-order valence-electron chi connectivity index (χ3n) is 3.78. The molecule has 0 aromatic heterocycles. The third-order valence-corrected chi connectivity index (χ3v) is 5.93. The molecule has 7 heteroatoms. The Hall–Kier alpha value is -1.11. The summed E-state index contributed by atoms with van der Waals surface area (Å²) in [4.78, 5) is 21.9. The van der Waals surface area contributed by atoms with Gasteiger partial charge in [0.25, 0.3) is 0 Å². The summed E-state index contributed by atoms with van der Waals surface area (Å²) in [6, 6.07) is 0. The van der Waals surface area contributed by atoms with Gasteiger partial charge in [-0.15, -0.1) is 0 Å². The molecule has 6 nitrogen and oxygen atoms in total. The van der Waals surface area contributed by atoms with Gasteiger partial charge in [0.15, 0.2) is 9.84 Å². The van der Waals surface area contributed by atoms with Crippen molar-refractivity contribution in [1.82, 2.24) is 5.32 Å². The molecule has 0 atom stereocenters. The maximum absolute atomic E-state index is 12.0. The van der Waals surface area contributed by atoms with Crippen LogP contribution in [-0.4, -0.2) is 42.9 Å². The molecule has 1 fully saturated rings. The molecule has 0 aromatic rings. The van der Waals surface area contributed by atoms with E-state index in [1.54, 1.807) is 0 Å². The van der Waals surface area contributed by atoms with Crippen LogP contribution in [0.25, 0.3) is 0 Å². The van der Waals surface area contributed by atoms with Crippen LogP contribution in [0.15, 0.2) is 0 Å². The van der Waals surface area contributed by atoms with E-state index in [0.717, 1.165) is 32.1 Å². The molecule has 0 aliphatic heterocycles. The Kier molecular flexibility index (Phi) is 7.71. The zero-order valence-electron chi connectivity index (χ0n) is 12.3. The first-order chi connectivity index (χ1) is 9.92. The largest absolute Gasteiger partial charge is 0.481 e. The lowest BCUT2D eigenvalue weighted by molar-refractivity contribution is -0.137. The fourth-order valence-corrected chi connectivity index (χ4v) is 4.34. The summed E-state index contributed by atoms with van der Waals surface area (Å²) in [5.41, 5.74) is 0. The first-order valence-electron chi connectivity index (χ1n) is 7.62. The summed E-state index contributed by atoms with van der Waals surface area (Å²) in [5.74, 6) is -1.62. The molecule has 0 bridgehead atoms. The number of carbonyl (C=O) groups is 2. The standard InChI is InChI=1S/C14H25NO5S/c16-13(11-21(19,20)12-7-4-5-8-12)15-10-6-2-1-3-9-14(17)18/h12H,1-11H2,(H,15,16)(H,17,18). The predicted molar refractivity (Wildman–Crippen MR) is 79.8 cm³/mol. The van der Waals surface area contributed by atoms with Crippen molar-refractivity contribution in [3.63, 3.8) is 0 Å². The first-order valence-corrected chi connectivity index (χ1v) is 9.33. The summed E-state index contributed by atoms with van der Waals surface area (Å²) in [7, 11) is -3.30. The Balaban J connectivity index is 2.09. The van der Waals surface area contributed by atoms with Crippen LogP contribution < -0.4 is 5.32 Å². The van der Waals surface area contributed by atoms with Crippen LogP contribution in [0.1, 0.15) is 57.8 Å². The zero-order chi connectivity index (χ0) is 15.7. The highest BCUT2D eigenvalue weighted by Crippen LogP contribution is 2.25. The van der Waals surface area contributed by atoms with Crippen LogP contribution in [0.2, 0.25) is 0 Å². The lowest BCUT2D eigenvalue weighted by Crippen LogP contribution is -2.34. The van der Waals surface area contributed by atoms with E-state index >= 15 is 0 Å². The number of nitrogens with one attached hydrogen (secondary N) is 1. The van der Waals surface area contributed by atoms with Gasteiger partial charge in [0, 0.05) is 13.0 Å². The molecule has 0 heterocycles. The van der Waals surface area contributed by atoms with Gasteiger partial charge in [-0.3, -0.25) is 9.59 Å². The molecule has 1 aliphatic rings. The minimum atomic E-state index is -3.30. The normalized spacial score (nSPS) is 16.0. The molecule has 0 unspecified atom stereocenters. The van der Waals surface area contributed by atoms with Gasteiger partial charge in [-0.1, -0.05) is 25.7 Å². The molecule has 0 saturated heterocycles. The maximum Gasteiger partial charge on any atom is 0.303 e. The molecule has 0 radical (unpaired) electrons. The number of hydrogen-bond acceptors (Lipinski definition) is 4. The van der Waals surface area contributed by atoms with Crippen molar-refractivity contribution in [2.45, 2.75) is 63.0 Å². The van der Waals surface area contributed by atoms with E-state index < -0.39 is 27.5 Å². The van der Waals surface area contributed by atoms with E-state index in [4.69, 9.17) is 5.11 Å². The fraction of sp³-hybridized carbons (Fsp3) is 0.857. The Bertz CT molecular complexity index is 440. The third kappa shape index (κ3) is 7.45. The Morgan fingerprint density at radius 3 is 2.29 bits per heavy atom. The van der Waals surface area contributed by atoms with Crippen molar-refractivity contribution in [3.8, 4) is 0 Å². The van der Waals surface area contributed by atoms with E-state index in [0.29, 0.717) is 25.8 Å². The summed E-state index contributed by atoms with van der Waals surface area (Å²) >= 11 is 0. The van der Waals surface area contributed by atoms with Crippen molar-refractivity contribution < 1.29 is 23.1 Å². The number of carboxylic acid groups (broad SMARTS) is 1. The lowest BCUT2D eigenvalue weighted by Gasteiger charge is -2.11. The maximum atomic E-state index is 12.0. The molecule has 2 N–H and O–H groups in total. The number of rotatable bonds is 10. The van der Waals surface area contributed by atoms with Crippen molar-refractivity contribution in [3.05, 3.63) is 0 Å². The van der Waals surface area contributed by atoms with E-state index in [2.05, 4.69) is 5.32 Å². The van der Waals surface area contributed by atoms with Gasteiger partial charge >= 0.3 is 5.97 Å². The van der Waals surface area contributed by atoms with Crippen molar-refractivity contribution in [2.75, 3.05) is 12.3 Å². The SMILES string of the molecule is O=C(O)CCCCCCNC(=O)CS(=O)(=O)C1CCCC1. The number of amides is 1. The second-order valence-corrected chi connectivity index (χ2v) is 7.90. The van der Waals surface area contributed by atoms with E-state index in [1.165, 1.54) is 0 Å². The monoisotopic (exact) mass is 319 g/mol. The highest BCUT2D eigenvalue weighted by Gasteiger charge is 2.30. The second kappa shape index (κ2) is 9.02. The van der Waals surface area contributed by atoms with Crippen LogP contribution in [0.5, 0.6) is 0 Å².